The van der Waals surface area contributed by atoms with Crippen LogP contribution in [-0.2, 0) is 0 Å². The number of anilines is 1. The highest BCUT2D eigenvalue weighted by Crippen LogP contribution is 2.20. The van der Waals surface area contributed by atoms with Crippen molar-refractivity contribution in [3.8, 4) is 11.3 Å². The molecule has 0 aliphatic heterocycles. The van der Waals surface area contributed by atoms with Crippen LogP contribution < -0.4 is 5.73 Å². The highest BCUT2D eigenvalue weighted by atomic mass is 16.5. The first kappa shape index (κ1) is 6.78. The van der Waals surface area contributed by atoms with Crippen LogP contribution in [0, 0.1) is 0 Å². The molecule has 0 aromatic carbocycles. The number of aromatic nitrogens is 3. The number of rotatable bonds is 1. The molecule has 0 aliphatic carbocycles. The molecule has 0 saturated heterocycles. The summed E-state index contributed by atoms with van der Waals surface area (Å²) in [4.78, 5) is 7.75. The minimum Gasteiger partial charge on any atom is -0.396 e. The van der Waals surface area contributed by atoms with E-state index in [1.54, 1.807) is 6.20 Å². The van der Waals surface area contributed by atoms with Crippen LogP contribution in [0.5, 0.6) is 0 Å². The van der Waals surface area contributed by atoms with Gasteiger partial charge in [-0.25, -0.2) is 9.97 Å². The molecule has 2 aromatic heterocycles. The van der Waals surface area contributed by atoms with Crippen LogP contribution in [0.25, 0.3) is 11.3 Å². The molecule has 0 fully saturated rings. The van der Waals surface area contributed by atoms with E-state index in [-0.39, 0.29) is 0 Å². The maximum Gasteiger partial charge on any atom is 0.133 e. The second-order valence-electron chi connectivity index (χ2n) is 2.24. The summed E-state index contributed by atoms with van der Waals surface area (Å²) in [5, 5.41) is 3.55. The van der Waals surface area contributed by atoms with Crippen LogP contribution in [0.1, 0.15) is 0 Å². The van der Waals surface area contributed by atoms with E-state index in [4.69, 9.17) is 5.73 Å². The van der Waals surface area contributed by atoms with Gasteiger partial charge in [0.2, 0.25) is 0 Å². The molecule has 2 aromatic rings. The van der Waals surface area contributed by atoms with Crippen LogP contribution in [0.3, 0.4) is 0 Å². The minimum atomic E-state index is 0.515. The van der Waals surface area contributed by atoms with Crippen molar-refractivity contribution in [2.75, 3.05) is 5.73 Å². The van der Waals surface area contributed by atoms with Gasteiger partial charge in [0.15, 0.2) is 0 Å². The summed E-state index contributed by atoms with van der Waals surface area (Å²) in [6.45, 7) is 0. The first-order valence-corrected chi connectivity index (χ1v) is 3.33. The van der Waals surface area contributed by atoms with Crippen molar-refractivity contribution in [1.29, 1.82) is 0 Å². The molecule has 2 N–H and O–H groups in total. The summed E-state index contributed by atoms with van der Waals surface area (Å²) in [6, 6.07) is 0. The molecule has 2 heterocycles. The topological polar surface area (TPSA) is 77.8 Å². The zero-order valence-electron chi connectivity index (χ0n) is 6.14. The quantitative estimate of drug-likeness (QED) is 0.668. The lowest BCUT2D eigenvalue weighted by Gasteiger charge is -1.97. The molecule has 0 unspecified atom stereocenters. The first-order valence-electron chi connectivity index (χ1n) is 3.33. The largest absolute Gasteiger partial charge is 0.396 e. The number of hydrogen-bond acceptors (Lipinski definition) is 5. The van der Waals surface area contributed by atoms with E-state index in [0.717, 1.165) is 5.56 Å². The summed E-state index contributed by atoms with van der Waals surface area (Å²) >= 11 is 0. The van der Waals surface area contributed by atoms with E-state index in [1.165, 1.54) is 18.8 Å². The van der Waals surface area contributed by atoms with Crippen molar-refractivity contribution in [3.63, 3.8) is 0 Å². The Morgan fingerprint density at radius 1 is 1.33 bits per heavy atom. The molecule has 0 radical (unpaired) electrons. The van der Waals surface area contributed by atoms with Gasteiger partial charge in [-0.15, -0.1) is 0 Å². The predicted octanol–water partition coefficient (Wildman–Crippen LogP) is 0.714. The Morgan fingerprint density at radius 2 is 2.25 bits per heavy atom. The van der Waals surface area contributed by atoms with Gasteiger partial charge in [0, 0.05) is 0 Å². The summed E-state index contributed by atoms with van der Waals surface area (Å²) < 4.78 is 4.66. The van der Waals surface area contributed by atoms with Gasteiger partial charge >= 0.3 is 0 Å². The lowest BCUT2D eigenvalue weighted by atomic mass is 10.2. The van der Waals surface area contributed by atoms with E-state index in [2.05, 4.69) is 19.6 Å². The second-order valence-corrected chi connectivity index (χ2v) is 2.24. The SMILES string of the molecule is Nc1cncnc1-c1cnoc1. The smallest absolute Gasteiger partial charge is 0.133 e. The number of nitrogens with two attached hydrogens (primary N) is 1. The first-order chi connectivity index (χ1) is 5.88. The van der Waals surface area contributed by atoms with Gasteiger partial charge in [-0.05, 0) is 0 Å². The molecular weight excluding hydrogens is 156 g/mol. The molecule has 0 saturated carbocycles. The molecule has 0 bridgehead atoms. The van der Waals surface area contributed by atoms with E-state index in [9.17, 15) is 0 Å². The lowest BCUT2D eigenvalue weighted by Crippen LogP contribution is -1.92. The average molecular weight is 162 g/mol. The van der Waals surface area contributed by atoms with E-state index in [1.807, 2.05) is 0 Å². The normalized spacial score (nSPS) is 10.0. The second kappa shape index (κ2) is 2.61. The predicted molar refractivity (Wildman–Crippen MR) is 41.9 cm³/mol. The van der Waals surface area contributed by atoms with Gasteiger partial charge in [0.25, 0.3) is 0 Å². The van der Waals surface area contributed by atoms with Gasteiger partial charge in [-0.2, -0.15) is 0 Å². The lowest BCUT2D eigenvalue weighted by molar-refractivity contribution is 0.420. The van der Waals surface area contributed by atoms with Crippen LogP contribution in [0.15, 0.2) is 29.5 Å². The third kappa shape index (κ3) is 1.01. The fourth-order valence-corrected chi connectivity index (χ4v) is 0.903. The maximum absolute atomic E-state index is 5.62. The van der Waals surface area contributed by atoms with Gasteiger partial charge in [0.05, 0.1) is 23.6 Å². The Kier molecular flexibility index (Phi) is 1.48. The molecule has 0 spiro atoms. The number of nitrogen functional groups attached to an aromatic ring is 1. The average Bonchev–Trinajstić information content (AvgIpc) is 2.57. The van der Waals surface area contributed by atoms with Crippen molar-refractivity contribution in [2.45, 2.75) is 0 Å². The van der Waals surface area contributed by atoms with E-state index >= 15 is 0 Å². The zero-order valence-corrected chi connectivity index (χ0v) is 6.14. The monoisotopic (exact) mass is 162 g/mol. The third-order valence-electron chi connectivity index (χ3n) is 1.45. The Labute approximate surface area is 68.2 Å². The van der Waals surface area contributed by atoms with Crippen molar-refractivity contribution in [3.05, 3.63) is 25.0 Å². The molecule has 0 amide bonds. The van der Waals surface area contributed by atoms with Gasteiger partial charge < -0.3 is 10.3 Å². The van der Waals surface area contributed by atoms with Gasteiger partial charge in [-0.1, -0.05) is 5.16 Å². The summed E-state index contributed by atoms with van der Waals surface area (Å²) in [7, 11) is 0. The van der Waals surface area contributed by atoms with Crippen molar-refractivity contribution in [1.82, 2.24) is 15.1 Å². The zero-order chi connectivity index (χ0) is 8.39. The highest BCUT2D eigenvalue weighted by Gasteiger charge is 2.04. The van der Waals surface area contributed by atoms with Crippen LogP contribution in [0.2, 0.25) is 0 Å². The summed E-state index contributed by atoms with van der Waals surface area (Å²) in [5.74, 6) is 0. The van der Waals surface area contributed by atoms with Gasteiger partial charge in [-0.3, -0.25) is 0 Å². The van der Waals surface area contributed by atoms with Gasteiger partial charge in [0.1, 0.15) is 18.3 Å². The van der Waals surface area contributed by atoms with Crippen LogP contribution >= 0.6 is 0 Å². The Balaban J connectivity index is 2.55. The fourth-order valence-electron chi connectivity index (χ4n) is 0.903. The van der Waals surface area contributed by atoms with Crippen LogP contribution in [-0.4, -0.2) is 15.1 Å². The molecule has 5 heteroatoms. The van der Waals surface area contributed by atoms with Crippen molar-refractivity contribution >= 4 is 5.69 Å². The highest BCUT2D eigenvalue weighted by molar-refractivity contribution is 5.69. The van der Waals surface area contributed by atoms with Crippen molar-refractivity contribution < 1.29 is 4.52 Å². The molecule has 60 valence electrons. The maximum atomic E-state index is 5.62. The standard InChI is InChI=1S/C7H6N4O/c8-6-2-9-4-10-7(6)5-1-11-12-3-5/h1-4H,8H2. The molecule has 12 heavy (non-hydrogen) atoms. The molecular formula is C7H6N4O. The minimum absolute atomic E-state index is 0.515. The van der Waals surface area contributed by atoms with Crippen molar-refractivity contribution in [2.24, 2.45) is 0 Å². The number of nitrogens with zero attached hydrogens (tertiary/aromatic N) is 3. The Hall–Kier alpha value is -1.91. The summed E-state index contributed by atoms with van der Waals surface area (Å²) in [5.41, 5.74) is 7.54. The third-order valence-corrected chi connectivity index (χ3v) is 1.45. The Bertz CT molecular complexity index is 371. The van der Waals surface area contributed by atoms with E-state index < -0.39 is 0 Å². The van der Waals surface area contributed by atoms with E-state index in [0.29, 0.717) is 11.4 Å². The molecule has 5 nitrogen and oxygen atoms in total. The summed E-state index contributed by atoms with van der Waals surface area (Å²) in [6.07, 6.45) is 6.01. The molecule has 2 rings (SSSR count). The fraction of sp³-hybridized carbons (Fsp3) is 0. The Morgan fingerprint density at radius 3 is 2.92 bits per heavy atom. The molecule has 0 aliphatic rings. The number of hydrogen-bond donors (Lipinski definition) is 1. The molecule has 0 atom stereocenters. The van der Waals surface area contributed by atoms with Crippen LogP contribution in [0.4, 0.5) is 5.69 Å².